The molecule has 1 aromatic heterocycles. The number of piperidine rings is 1. The van der Waals surface area contributed by atoms with Crippen LogP contribution in [0.4, 0.5) is 0 Å². The van der Waals surface area contributed by atoms with Crippen LogP contribution < -0.4 is 0 Å². The van der Waals surface area contributed by atoms with E-state index in [0.717, 1.165) is 31.2 Å². The SMILES string of the molecule is Cc1ccoc1C(=O)N1CCC2(O)CCCCC2C1. The third kappa shape index (κ3) is 2.18. The van der Waals surface area contributed by atoms with Crippen molar-refractivity contribution < 1.29 is 14.3 Å². The molecule has 0 bridgehead atoms. The number of hydrogen-bond donors (Lipinski definition) is 1. The van der Waals surface area contributed by atoms with E-state index < -0.39 is 5.60 Å². The number of amides is 1. The van der Waals surface area contributed by atoms with Crippen molar-refractivity contribution in [1.29, 1.82) is 0 Å². The zero-order valence-electron chi connectivity index (χ0n) is 11.4. The van der Waals surface area contributed by atoms with Crippen molar-refractivity contribution in [3.63, 3.8) is 0 Å². The highest BCUT2D eigenvalue weighted by atomic mass is 16.3. The number of rotatable bonds is 1. The van der Waals surface area contributed by atoms with Crippen LogP contribution in [-0.2, 0) is 0 Å². The van der Waals surface area contributed by atoms with Crippen LogP contribution in [0, 0.1) is 12.8 Å². The summed E-state index contributed by atoms with van der Waals surface area (Å²) in [7, 11) is 0. The van der Waals surface area contributed by atoms with Crippen molar-refractivity contribution in [3.05, 3.63) is 23.7 Å². The Labute approximate surface area is 113 Å². The molecule has 1 aromatic rings. The van der Waals surface area contributed by atoms with Gasteiger partial charge in [0.25, 0.3) is 5.91 Å². The van der Waals surface area contributed by atoms with Crippen LogP contribution in [-0.4, -0.2) is 34.6 Å². The summed E-state index contributed by atoms with van der Waals surface area (Å²) in [5.41, 5.74) is 0.349. The van der Waals surface area contributed by atoms with Crippen molar-refractivity contribution in [2.45, 2.75) is 44.6 Å². The minimum atomic E-state index is -0.534. The molecule has 1 aliphatic heterocycles. The molecule has 19 heavy (non-hydrogen) atoms. The van der Waals surface area contributed by atoms with Crippen LogP contribution in [0.25, 0.3) is 0 Å². The van der Waals surface area contributed by atoms with Crippen LogP contribution in [0.2, 0.25) is 0 Å². The summed E-state index contributed by atoms with van der Waals surface area (Å²) in [6.45, 7) is 3.18. The Balaban J connectivity index is 1.74. The average Bonchev–Trinajstić information content (AvgIpc) is 2.83. The zero-order chi connectivity index (χ0) is 13.5. The number of hydrogen-bond acceptors (Lipinski definition) is 3. The van der Waals surface area contributed by atoms with Gasteiger partial charge in [-0.15, -0.1) is 0 Å². The molecule has 3 rings (SSSR count). The first-order valence-corrected chi connectivity index (χ1v) is 7.16. The Morgan fingerprint density at radius 1 is 1.47 bits per heavy atom. The number of aliphatic hydroxyl groups is 1. The maximum atomic E-state index is 12.4. The molecule has 104 valence electrons. The van der Waals surface area contributed by atoms with E-state index in [4.69, 9.17) is 4.42 Å². The Kier molecular flexibility index (Phi) is 3.13. The van der Waals surface area contributed by atoms with Gasteiger partial charge in [-0.1, -0.05) is 12.8 Å². The van der Waals surface area contributed by atoms with Gasteiger partial charge in [-0.25, -0.2) is 0 Å². The van der Waals surface area contributed by atoms with Crippen molar-refractivity contribution >= 4 is 5.91 Å². The summed E-state index contributed by atoms with van der Waals surface area (Å²) >= 11 is 0. The first-order valence-electron chi connectivity index (χ1n) is 7.16. The lowest BCUT2D eigenvalue weighted by molar-refractivity contribution is -0.0889. The Hall–Kier alpha value is -1.29. The average molecular weight is 263 g/mol. The molecule has 2 heterocycles. The van der Waals surface area contributed by atoms with Gasteiger partial charge in [0.2, 0.25) is 0 Å². The fourth-order valence-corrected chi connectivity index (χ4v) is 3.49. The molecule has 2 aliphatic rings. The fourth-order valence-electron chi connectivity index (χ4n) is 3.49. The number of aryl methyl sites for hydroxylation is 1. The van der Waals surface area contributed by atoms with Gasteiger partial charge in [-0.05, 0) is 32.3 Å². The van der Waals surface area contributed by atoms with Gasteiger partial charge < -0.3 is 14.4 Å². The minimum Gasteiger partial charge on any atom is -0.459 e. The van der Waals surface area contributed by atoms with Crippen LogP contribution in [0.1, 0.15) is 48.2 Å². The summed E-state index contributed by atoms with van der Waals surface area (Å²) in [4.78, 5) is 14.3. The molecule has 1 amide bonds. The number of furan rings is 1. The molecule has 0 aromatic carbocycles. The summed E-state index contributed by atoms with van der Waals surface area (Å²) in [6.07, 6.45) is 6.44. The number of fused-ring (bicyclic) bond motifs is 1. The van der Waals surface area contributed by atoms with Crippen molar-refractivity contribution in [2.75, 3.05) is 13.1 Å². The molecule has 4 heteroatoms. The second-order valence-corrected chi connectivity index (χ2v) is 5.98. The van der Waals surface area contributed by atoms with Crippen molar-refractivity contribution in [1.82, 2.24) is 4.90 Å². The van der Waals surface area contributed by atoms with Crippen molar-refractivity contribution in [2.24, 2.45) is 5.92 Å². The number of carbonyl (C=O) groups is 1. The Bertz CT molecular complexity index is 481. The Morgan fingerprint density at radius 2 is 2.32 bits per heavy atom. The quantitative estimate of drug-likeness (QED) is 0.846. The van der Waals surface area contributed by atoms with E-state index in [2.05, 4.69) is 0 Å². The molecule has 2 unspecified atom stereocenters. The van der Waals surface area contributed by atoms with Gasteiger partial charge in [0.1, 0.15) is 0 Å². The fraction of sp³-hybridized carbons (Fsp3) is 0.667. The highest BCUT2D eigenvalue weighted by molar-refractivity contribution is 5.92. The molecule has 2 fully saturated rings. The monoisotopic (exact) mass is 263 g/mol. The van der Waals surface area contributed by atoms with Crippen LogP contribution in [0.3, 0.4) is 0 Å². The van der Waals surface area contributed by atoms with E-state index in [0.29, 0.717) is 25.3 Å². The predicted octanol–water partition coefficient (Wildman–Crippen LogP) is 2.36. The van der Waals surface area contributed by atoms with Crippen LogP contribution in [0.5, 0.6) is 0 Å². The standard InChI is InChI=1S/C15H21NO3/c1-11-5-9-19-13(11)14(17)16-8-7-15(18)6-3-2-4-12(15)10-16/h5,9,12,18H,2-4,6-8,10H2,1H3. The number of likely N-dealkylation sites (tertiary alicyclic amines) is 1. The van der Waals surface area contributed by atoms with Crippen molar-refractivity contribution in [3.8, 4) is 0 Å². The minimum absolute atomic E-state index is 0.0323. The van der Waals surface area contributed by atoms with Gasteiger partial charge in [0, 0.05) is 24.6 Å². The molecule has 0 radical (unpaired) electrons. The van der Waals surface area contributed by atoms with E-state index in [1.807, 2.05) is 17.9 Å². The topological polar surface area (TPSA) is 53.7 Å². The largest absolute Gasteiger partial charge is 0.459 e. The van der Waals surface area contributed by atoms with E-state index >= 15 is 0 Å². The molecule has 1 saturated carbocycles. The van der Waals surface area contributed by atoms with Gasteiger partial charge >= 0.3 is 0 Å². The molecular weight excluding hydrogens is 242 g/mol. The van der Waals surface area contributed by atoms with E-state index in [-0.39, 0.29) is 11.8 Å². The number of carbonyl (C=O) groups excluding carboxylic acids is 1. The molecule has 4 nitrogen and oxygen atoms in total. The summed E-state index contributed by atoms with van der Waals surface area (Å²) in [5, 5.41) is 10.6. The van der Waals surface area contributed by atoms with Crippen LogP contribution in [0.15, 0.2) is 16.7 Å². The number of nitrogens with zero attached hydrogens (tertiary/aromatic N) is 1. The second-order valence-electron chi connectivity index (χ2n) is 5.98. The lowest BCUT2D eigenvalue weighted by Gasteiger charge is -2.47. The maximum Gasteiger partial charge on any atom is 0.289 e. The first kappa shape index (κ1) is 12.7. The van der Waals surface area contributed by atoms with E-state index in [9.17, 15) is 9.90 Å². The summed E-state index contributed by atoms with van der Waals surface area (Å²) in [6, 6.07) is 1.81. The van der Waals surface area contributed by atoms with E-state index in [1.165, 1.54) is 0 Å². The Morgan fingerprint density at radius 3 is 3.05 bits per heavy atom. The molecule has 0 spiro atoms. The third-order valence-corrected chi connectivity index (χ3v) is 4.77. The predicted molar refractivity (Wildman–Crippen MR) is 70.9 cm³/mol. The summed E-state index contributed by atoms with van der Waals surface area (Å²) < 4.78 is 5.29. The lowest BCUT2D eigenvalue weighted by atomic mass is 9.71. The molecule has 1 saturated heterocycles. The smallest absolute Gasteiger partial charge is 0.289 e. The molecule has 1 N–H and O–H groups in total. The van der Waals surface area contributed by atoms with Gasteiger partial charge in [0.05, 0.1) is 11.9 Å². The zero-order valence-corrected chi connectivity index (χ0v) is 11.4. The van der Waals surface area contributed by atoms with E-state index in [1.54, 1.807) is 6.26 Å². The molecular formula is C15H21NO3. The second kappa shape index (κ2) is 4.67. The van der Waals surface area contributed by atoms with Gasteiger partial charge in [0.15, 0.2) is 5.76 Å². The molecule has 1 aliphatic carbocycles. The lowest BCUT2D eigenvalue weighted by Crippen LogP contribution is -2.54. The normalized spacial score (nSPS) is 31.1. The first-order chi connectivity index (χ1) is 9.10. The van der Waals surface area contributed by atoms with Gasteiger partial charge in [-0.3, -0.25) is 4.79 Å². The highest BCUT2D eigenvalue weighted by Crippen LogP contribution is 2.40. The molecule has 2 atom stereocenters. The van der Waals surface area contributed by atoms with Gasteiger partial charge in [-0.2, -0.15) is 0 Å². The highest BCUT2D eigenvalue weighted by Gasteiger charge is 2.44. The third-order valence-electron chi connectivity index (χ3n) is 4.77. The summed E-state index contributed by atoms with van der Waals surface area (Å²) in [5.74, 6) is 0.644. The van der Waals surface area contributed by atoms with Crippen LogP contribution >= 0.6 is 0 Å². The maximum absolute atomic E-state index is 12.4.